The predicted molar refractivity (Wildman–Crippen MR) is 109 cm³/mol. The van der Waals surface area contributed by atoms with Crippen molar-refractivity contribution < 1.29 is 22.6 Å². The van der Waals surface area contributed by atoms with Gasteiger partial charge in [-0.3, -0.25) is 0 Å². The number of anilines is 1. The number of aryl methyl sites for hydroxylation is 3. The standard InChI is InChI=1S/C21H24F3NO2S/c1-5-14-11-15(6-2)19(10-13(14)3)27-12-16-17(21(22,23)24)8-7-9-18(16)25-20(28)26-4/h7-11H,5-6,12H2,1-4H3,(H,25,28). The Morgan fingerprint density at radius 2 is 1.79 bits per heavy atom. The van der Waals surface area contributed by atoms with Crippen LogP contribution < -0.4 is 10.1 Å². The van der Waals surface area contributed by atoms with Crippen LogP contribution in [0, 0.1) is 6.92 Å². The first-order chi connectivity index (χ1) is 13.2. The van der Waals surface area contributed by atoms with Crippen LogP contribution in [0.5, 0.6) is 5.75 Å². The summed E-state index contributed by atoms with van der Waals surface area (Å²) >= 11 is 4.94. The second-order valence-electron chi connectivity index (χ2n) is 6.33. The Labute approximate surface area is 168 Å². The van der Waals surface area contributed by atoms with Gasteiger partial charge in [0, 0.05) is 11.3 Å². The van der Waals surface area contributed by atoms with E-state index >= 15 is 0 Å². The summed E-state index contributed by atoms with van der Waals surface area (Å²) in [5.41, 5.74) is 2.64. The van der Waals surface area contributed by atoms with Crippen molar-refractivity contribution >= 4 is 23.1 Å². The lowest BCUT2D eigenvalue weighted by atomic mass is 10.0. The van der Waals surface area contributed by atoms with Crippen molar-refractivity contribution in [3.63, 3.8) is 0 Å². The largest absolute Gasteiger partial charge is 0.489 e. The number of alkyl halides is 3. The molecule has 0 saturated carbocycles. The zero-order chi connectivity index (χ0) is 20.9. The number of hydrogen-bond donors (Lipinski definition) is 1. The minimum atomic E-state index is -4.51. The van der Waals surface area contributed by atoms with Gasteiger partial charge in [0.25, 0.3) is 5.17 Å². The fraction of sp³-hybridized carbons (Fsp3) is 0.381. The molecule has 28 heavy (non-hydrogen) atoms. The van der Waals surface area contributed by atoms with Crippen LogP contribution in [0.2, 0.25) is 0 Å². The molecule has 0 radical (unpaired) electrons. The third kappa shape index (κ3) is 5.16. The van der Waals surface area contributed by atoms with Crippen molar-refractivity contribution in [1.82, 2.24) is 0 Å². The summed E-state index contributed by atoms with van der Waals surface area (Å²) in [6.45, 7) is 5.78. The molecule has 0 amide bonds. The molecule has 0 aliphatic rings. The van der Waals surface area contributed by atoms with Gasteiger partial charge in [-0.2, -0.15) is 13.2 Å². The molecule has 0 aliphatic carbocycles. The molecule has 2 aromatic rings. The summed E-state index contributed by atoms with van der Waals surface area (Å²) in [6.07, 6.45) is -2.90. The minimum Gasteiger partial charge on any atom is -0.489 e. The number of thiocarbonyl (C=S) groups is 1. The molecule has 3 nitrogen and oxygen atoms in total. The van der Waals surface area contributed by atoms with Crippen LogP contribution in [-0.2, 0) is 30.4 Å². The van der Waals surface area contributed by atoms with Crippen LogP contribution >= 0.6 is 12.2 Å². The number of nitrogens with one attached hydrogen (secondary N) is 1. The highest BCUT2D eigenvalue weighted by atomic mass is 32.1. The van der Waals surface area contributed by atoms with Gasteiger partial charge in [-0.15, -0.1) is 0 Å². The SMILES string of the molecule is CCc1cc(CC)c(OCc2c(NC(=S)OC)cccc2C(F)(F)F)cc1C. The lowest BCUT2D eigenvalue weighted by molar-refractivity contribution is -0.138. The molecule has 0 aliphatic heterocycles. The maximum atomic E-state index is 13.5. The van der Waals surface area contributed by atoms with Gasteiger partial charge in [0.15, 0.2) is 0 Å². The molecule has 0 saturated heterocycles. The van der Waals surface area contributed by atoms with E-state index < -0.39 is 11.7 Å². The van der Waals surface area contributed by atoms with E-state index in [0.29, 0.717) is 5.75 Å². The molecule has 0 unspecified atom stereocenters. The molecule has 1 N–H and O–H groups in total. The molecule has 0 atom stereocenters. The van der Waals surface area contributed by atoms with Gasteiger partial charge >= 0.3 is 6.18 Å². The number of benzene rings is 2. The van der Waals surface area contributed by atoms with Crippen molar-refractivity contribution in [1.29, 1.82) is 0 Å². The van der Waals surface area contributed by atoms with E-state index in [1.165, 1.54) is 24.8 Å². The van der Waals surface area contributed by atoms with Crippen molar-refractivity contribution in [3.8, 4) is 5.75 Å². The predicted octanol–water partition coefficient (Wildman–Crippen LogP) is 6.06. The second kappa shape index (κ2) is 9.28. The molecule has 0 heterocycles. The van der Waals surface area contributed by atoms with Gasteiger partial charge in [-0.25, -0.2) is 0 Å². The smallest absolute Gasteiger partial charge is 0.416 e. The van der Waals surface area contributed by atoms with E-state index in [2.05, 4.69) is 18.3 Å². The van der Waals surface area contributed by atoms with Gasteiger partial charge in [0.05, 0.1) is 12.7 Å². The molecule has 152 valence electrons. The van der Waals surface area contributed by atoms with E-state index in [9.17, 15) is 13.2 Å². The highest BCUT2D eigenvalue weighted by molar-refractivity contribution is 7.80. The van der Waals surface area contributed by atoms with Gasteiger partial charge in [0.2, 0.25) is 0 Å². The summed E-state index contributed by atoms with van der Waals surface area (Å²) in [5.74, 6) is 0.592. The summed E-state index contributed by atoms with van der Waals surface area (Å²) in [4.78, 5) is 0. The lowest BCUT2D eigenvalue weighted by Crippen LogP contribution is -2.17. The molecule has 0 spiro atoms. The monoisotopic (exact) mass is 411 g/mol. The average molecular weight is 411 g/mol. The molecule has 0 bridgehead atoms. The van der Waals surface area contributed by atoms with Crippen LogP contribution in [0.1, 0.15) is 41.7 Å². The summed E-state index contributed by atoms with van der Waals surface area (Å²) < 4.78 is 51.3. The molecular formula is C21H24F3NO2S. The Hall–Kier alpha value is -2.28. The van der Waals surface area contributed by atoms with Crippen molar-refractivity contribution in [2.75, 3.05) is 12.4 Å². The minimum absolute atomic E-state index is 0.0158. The van der Waals surface area contributed by atoms with Crippen LogP contribution in [0.3, 0.4) is 0 Å². The number of rotatable bonds is 6. The number of methoxy groups -OCH3 is 1. The highest BCUT2D eigenvalue weighted by Gasteiger charge is 2.34. The maximum absolute atomic E-state index is 13.5. The summed E-state index contributed by atoms with van der Waals surface area (Å²) in [5, 5.41) is 2.68. The van der Waals surface area contributed by atoms with Crippen LogP contribution in [-0.4, -0.2) is 12.3 Å². The topological polar surface area (TPSA) is 30.5 Å². The van der Waals surface area contributed by atoms with Crippen LogP contribution in [0.15, 0.2) is 30.3 Å². The first-order valence-electron chi connectivity index (χ1n) is 9.00. The van der Waals surface area contributed by atoms with Crippen LogP contribution in [0.4, 0.5) is 18.9 Å². The van der Waals surface area contributed by atoms with Crippen molar-refractivity contribution in [3.05, 3.63) is 58.1 Å². The van der Waals surface area contributed by atoms with Gasteiger partial charge in [-0.1, -0.05) is 26.0 Å². The zero-order valence-corrected chi connectivity index (χ0v) is 17.2. The summed E-state index contributed by atoms with van der Waals surface area (Å²) in [6, 6.07) is 7.82. The Balaban J connectivity index is 2.42. The van der Waals surface area contributed by atoms with E-state index in [1.807, 2.05) is 19.9 Å². The summed E-state index contributed by atoms with van der Waals surface area (Å²) in [7, 11) is 1.35. The molecule has 0 aromatic heterocycles. The second-order valence-corrected chi connectivity index (χ2v) is 6.70. The Kier molecular flexibility index (Phi) is 7.29. The quantitative estimate of drug-likeness (QED) is 0.585. The van der Waals surface area contributed by atoms with E-state index in [1.54, 1.807) is 0 Å². The molecular weight excluding hydrogens is 387 g/mol. The third-order valence-electron chi connectivity index (χ3n) is 4.56. The Morgan fingerprint density at radius 3 is 2.36 bits per heavy atom. The highest BCUT2D eigenvalue weighted by Crippen LogP contribution is 2.36. The van der Waals surface area contributed by atoms with Crippen LogP contribution in [0.25, 0.3) is 0 Å². The van der Waals surface area contributed by atoms with Gasteiger partial charge < -0.3 is 14.8 Å². The Morgan fingerprint density at radius 1 is 1.11 bits per heavy atom. The van der Waals surface area contributed by atoms with E-state index in [4.69, 9.17) is 21.7 Å². The van der Waals surface area contributed by atoms with Gasteiger partial charge in [-0.05, 0) is 66.9 Å². The lowest BCUT2D eigenvalue weighted by Gasteiger charge is -2.20. The molecule has 2 rings (SSSR count). The first kappa shape index (κ1) is 22.0. The first-order valence-corrected chi connectivity index (χ1v) is 9.41. The normalized spacial score (nSPS) is 11.2. The fourth-order valence-corrected chi connectivity index (χ4v) is 3.11. The molecule has 0 fully saturated rings. The Bertz CT molecular complexity index is 850. The third-order valence-corrected chi connectivity index (χ3v) is 4.83. The number of ether oxygens (including phenoxy) is 2. The fourth-order valence-electron chi connectivity index (χ4n) is 3.00. The average Bonchev–Trinajstić information content (AvgIpc) is 2.65. The molecule has 7 heteroatoms. The number of halogens is 3. The van der Waals surface area contributed by atoms with Crippen molar-refractivity contribution in [2.45, 2.75) is 46.4 Å². The molecule has 2 aromatic carbocycles. The van der Waals surface area contributed by atoms with Gasteiger partial charge in [0.1, 0.15) is 12.4 Å². The van der Waals surface area contributed by atoms with E-state index in [0.717, 1.165) is 30.0 Å². The van der Waals surface area contributed by atoms with E-state index in [-0.39, 0.29) is 23.0 Å². The maximum Gasteiger partial charge on any atom is 0.416 e. The van der Waals surface area contributed by atoms with Crippen molar-refractivity contribution in [2.24, 2.45) is 0 Å². The number of hydrogen-bond acceptors (Lipinski definition) is 3. The zero-order valence-electron chi connectivity index (χ0n) is 16.4.